The van der Waals surface area contributed by atoms with Crippen LogP contribution in [0.1, 0.15) is 36.3 Å². The summed E-state index contributed by atoms with van der Waals surface area (Å²) in [5, 5.41) is 2.85. The fraction of sp³-hybridized carbons (Fsp3) is 0.500. The maximum Gasteiger partial charge on any atom is 0.271 e. The topological polar surface area (TPSA) is 62.3 Å². The molecule has 0 saturated heterocycles. The number of rotatable bonds is 5. The van der Waals surface area contributed by atoms with E-state index < -0.39 is 0 Å². The molecule has 0 spiro atoms. The molecule has 0 unspecified atom stereocenters. The maximum atomic E-state index is 11.6. The molecule has 0 saturated carbocycles. The fourth-order valence-corrected chi connectivity index (χ4v) is 1.43. The van der Waals surface area contributed by atoms with Crippen LogP contribution in [-0.4, -0.2) is 35.8 Å². The van der Waals surface area contributed by atoms with Crippen LogP contribution in [0, 0.1) is 5.92 Å². The van der Waals surface area contributed by atoms with E-state index in [-0.39, 0.29) is 17.7 Å². The van der Waals surface area contributed by atoms with Gasteiger partial charge in [0.25, 0.3) is 5.91 Å². The molecule has 0 aliphatic carbocycles. The van der Waals surface area contributed by atoms with Crippen LogP contribution in [0.15, 0.2) is 18.3 Å². The van der Waals surface area contributed by atoms with Gasteiger partial charge < -0.3 is 10.2 Å². The maximum absolute atomic E-state index is 11.6. The molecule has 5 nitrogen and oxygen atoms in total. The highest BCUT2D eigenvalue weighted by atomic mass is 16.2. The van der Waals surface area contributed by atoms with Crippen LogP contribution in [0.4, 0.5) is 0 Å². The number of nitrogens with zero attached hydrogens (tertiary/aromatic N) is 2. The van der Waals surface area contributed by atoms with E-state index in [1.54, 1.807) is 32.4 Å². The average molecular weight is 263 g/mol. The van der Waals surface area contributed by atoms with Gasteiger partial charge >= 0.3 is 0 Å². The molecular formula is C14H21N3O2. The summed E-state index contributed by atoms with van der Waals surface area (Å²) in [5.41, 5.74) is 1.29. The summed E-state index contributed by atoms with van der Waals surface area (Å²) in [5.74, 6) is -0.0753. The number of hydrogen-bond acceptors (Lipinski definition) is 3. The summed E-state index contributed by atoms with van der Waals surface area (Å²) < 4.78 is 0. The Morgan fingerprint density at radius 1 is 1.37 bits per heavy atom. The van der Waals surface area contributed by atoms with Crippen molar-refractivity contribution in [2.24, 2.45) is 5.92 Å². The van der Waals surface area contributed by atoms with Gasteiger partial charge in [-0.2, -0.15) is 0 Å². The van der Waals surface area contributed by atoms with E-state index in [1.807, 2.05) is 13.8 Å². The fourth-order valence-electron chi connectivity index (χ4n) is 1.43. The van der Waals surface area contributed by atoms with Gasteiger partial charge in [-0.15, -0.1) is 0 Å². The standard InChI is InChI=1S/C14H21N3O2/c1-5-10(2)13(18)16-9-11-6-7-12(15-8-11)14(19)17(3)4/h6-8,10H,5,9H2,1-4H3,(H,16,18)/t10-/m1/s1. The second kappa shape index (κ2) is 6.87. The Hall–Kier alpha value is -1.91. The molecule has 5 heteroatoms. The van der Waals surface area contributed by atoms with Gasteiger partial charge in [-0.25, -0.2) is 0 Å². The summed E-state index contributed by atoms with van der Waals surface area (Å²) in [6.07, 6.45) is 2.44. The Bertz CT molecular complexity index is 441. The van der Waals surface area contributed by atoms with Crippen molar-refractivity contribution in [1.82, 2.24) is 15.2 Å². The molecule has 0 aromatic carbocycles. The lowest BCUT2D eigenvalue weighted by Crippen LogP contribution is -2.28. The molecule has 0 aliphatic rings. The molecule has 0 bridgehead atoms. The smallest absolute Gasteiger partial charge is 0.271 e. The first-order valence-corrected chi connectivity index (χ1v) is 6.40. The number of aromatic nitrogens is 1. The van der Waals surface area contributed by atoms with E-state index in [0.29, 0.717) is 12.2 Å². The summed E-state index contributed by atoms with van der Waals surface area (Å²) in [6.45, 7) is 4.31. The van der Waals surface area contributed by atoms with Crippen LogP contribution in [-0.2, 0) is 11.3 Å². The second-order valence-corrected chi connectivity index (χ2v) is 4.78. The zero-order chi connectivity index (χ0) is 14.4. The third-order valence-electron chi connectivity index (χ3n) is 2.98. The first-order chi connectivity index (χ1) is 8.95. The molecule has 0 fully saturated rings. The number of pyridine rings is 1. The first kappa shape index (κ1) is 15.1. The summed E-state index contributed by atoms with van der Waals surface area (Å²) in [4.78, 5) is 28.8. The van der Waals surface area contributed by atoms with E-state index in [2.05, 4.69) is 10.3 Å². The highest BCUT2D eigenvalue weighted by Gasteiger charge is 2.11. The molecule has 1 N–H and O–H groups in total. The van der Waals surface area contributed by atoms with Crippen LogP contribution < -0.4 is 5.32 Å². The Balaban J connectivity index is 2.58. The lowest BCUT2D eigenvalue weighted by atomic mass is 10.1. The van der Waals surface area contributed by atoms with E-state index in [1.165, 1.54) is 4.90 Å². The van der Waals surface area contributed by atoms with Gasteiger partial charge in [-0.05, 0) is 18.1 Å². The van der Waals surface area contributed by atoms with Crippen molar-refractivity contribution >= 4 is 11.8 Å². The summed E-state index contributed by atoms with van der Waals surface area (Å²) in [7, 11) is 3.37. The predicted molar refractivity (Wildman–Crippen MR) is 73.6 cm³/mol. The third-order valence-corrected chi connectivity index (χ3v) is 2.98. The van der Waals surface area contributed by atoms with Crippen LogP contribution in [0.3, 0.4) is 0 Å². The highest BCUT2D eigenvalue weighted by Crippen LogP contribution is 2.04. The molecule has 19 heavy (non-hydrogen) atoms. The van der Waals surface area contributed by atoms with Crippen molar-refractivity contribution in [2.75, 3.05) is 14.1 Å². The Kier molecular flexibility index (Phi) is 5.48. The van der Waals surface area contributed by atoms with Gasteiger partial charge in [0, 0.05) is 32.8 Å². The van der Waals surface area contributed by atoms with Crippen LogP contribution in [0.25, 0.3) is 0 Å². The molecule has 2 amide bonds. The molecule has 1 rings (SSSR count). The molecule has 1 aromatic heterocycles. The molecule has 104 valence electrons. The van der Waals surface area contributed by atoms with Crippen molar-refractivity contribution in [3.05, 3.63) is 29.6 Å². The minimum absolute atomic E-state index is 0.0163. The lowest BCUT2D eigenvalue weighted by Gasteiger charge is -2.11. The summed E-state index contributed by atoms with van der Waals surface area (Å²) in [6, 6.07) is 3.48. The Morgan fingerprint density at radius 2 is 2.05 bits per heavy atom. The normalized spacial score (nSPS) is 11.8. The lowest BCUT2D eigenvalue weighted by molar-refractivity contribution is -0.124. The number of hydrogen-bond donors (Lipinski definition) is 1. The van der Waals surface area contributed by atoms with E-state index in [9.17, 15) is 9.59 Å². The van der Waals surface area contributed by atoms with Gasteiger partial charge in [-0.1, -0.05) is 19.9 Å². The van der Waals surface area contributed by atoms with Gasteiger partial charge in [-0.3, -0.25) is 14.6 Å². The number of amides is 2. The first-order valence-electron chi connectivity index (χ1n) is 6.40. The van der Waals surface area contributed by atoms with E-state index in [0.717, 1.165) is 12.0 Å². The molecule has 1 aromatic rings. The molecular weight excluding hydrogens is 242 g/mol. The Morgan fingerprint density at radius 3 is 2.53 bits per heavy atom. The largest absolute Gasteiger partial charge is 0.352 e. The quantitative estimate of drug-likeness (QED) is 0.874. The van der Waals surface area contributed by atoms with Crippen molar-refractivity contribution in [3.63, 3.8) is 0 Å². The molecule has 0 aliphatic heterocycles. The Labute approximate surface area is 114 Å². The number of carbonyl (C=O) groups is 2. The monoisotopic (exact) mass is 263 g/mol. The molecule has 1 heterocycles. The van der Waals surface area contributed by atoms with Gasteiger partial charge in [0.05, 0.1) is 0 Å². The van der Waals surface area contributed by atoms with Crippen molar-refractivity contribution in [1.29, 1.82) is 0 Å². The van der Waals surface area contributed by atoms with Gasteiger partial charge in [0.2, 0.25) is 5.91 Å². The predicted octanol–water partition coefficient (Wildman–Crippen LogP) is 1.45. The van der Waals surface area contributed by atoms with Gasteiger partial charge in [0.1, 0.15) is 5.69 Å². The van der Waals surface area contributed by atoms with Gasteiger partial charge in [0.15, 0.2) is 0 Å². The SMILES string of the molecule is CC[C@@H](C)C(=O)NCc1ccc(C(=O)N(C)C)nc1. The van der Waals surface area contributed by atoms with Crippen molar-refractivity contribution in [3.8, 4) is 0 Å². The molecule has 1 atom stereocenters. The van der Waals surface area contributed by atoms with E-state index >= 15 is 0 Å². The zero-order valence-corrected chi connectivity index (χ0v) is 11.9. The number of nitrogens with one attached hydrogen (secondary N) is 1. The molecule has 0 radical (unpaired) electrons. The van der Waals surface area contributed by atoms with Crippen LogP contribution in [0.2, 0.25) is 0 Å². The van der Waals surface area contributed by atoms with E-state index in [4.69, 9.17) is 0 Å². The van der Waals surface area contributed by atoms with Crippen molar-refractivity contribution in [2.45, 2.75) is 26.8 Å². The second-order valence-electron chi connectivity index (χ2n) is 4.78. The van der Waals surface area contributed by atoms with Crippen LogP contribution >= 0.6 is 0 Å². The summed E-state index contributed by atoms with van der Waals surface area (Å²) >= 11 is 0. The van der Waals surface area contributed by atoms with Crippen molar-refractivity contribution < 1.29 is 9.59 Å². The third kappa shape index (κ3) is 4.35. The number of carbonyl (C=O) groups excluding carboxylic acids is 2. The highest BCUT2D eigenvalue weighted by molar-refractivity contribution is 5.91. The zero-order valence-electron chi connectivity index (χ0n) is 11.9. The minimum atomic E-state index is -0.129. The van der Waals surface area contributed by atoms with Crippen LogP contribution in [0.5, 0.6) is 0 Å². The minimum Gasteiger partial charge on any atom is -0.352 e. The average Bonchev–Trinajstić information content (AvgIpc) is 2.43.